The van der Waals surface area contributed by atoms with Gasteiger partial charge in [-0.3, -0.25) is 0 Å². The predicted octanol–water partition coefficient (Wildman–Crippen LogP) is 3.43. The third kappa shape index (κ3) is 5.10. The number of nitrogens with zero attached hydrogens (tertiary/aromatic N) is 2. The number of hydrogen-bond acceptors (Lipinski definition) is 4. The van der Waals surface area contributed by atoms with Gasteiger partial charge in [0.25, 0.3) is 0 Å². The van der Waals surface area contributed by atoms with Gasteiger partial charge in [-0.05, 0) is 39.8 Å². The molecule has 2 rings (SSSR count). The summed E-state index contributed by atoms with van der Waals surface area (Å²) in [6.07, 6.45) is 0.986. The Balaban J connectivity index is 1.86. The molecule has 0 fully saturated rings. The van der Waals surface area contributed by atoms with Crippen molar-refractivity contribution in [2.75, 3.05) is 13.1 Å². The van der Waals surface area contributed by atoms with Crippen LogP contribution in [0, 0.1) is 20.8 Å². The van der Waals surface area contributed by atoms with E-state index in [1.54, 1.807) is 22.7 Å². The van der Waals surface area contributed by atoms with Gasteiger partial charge in [0, 0.05) is 34.1 Å². The Hall–Kier alpha value is -1.40. The molecule has 0 spiro atoms. The molecule has 2 aromatic heterocycles. The van der Waals surface area contributed by atoms with Crippen LogP contribution in [0.5, 0.6) is 0 Å². The fraction of sp³-hybridized carbons (Fsp3) is 0.500. The zero-order chi connectivity index (χ0) is 15.9. The van der Waals surface area contributed by atoms with E-state index in [-0.39, 0.29) is 0 Å². The van der Waals surface area contributed by atoms with E-state index >= 15 is 0 Å². The maximum atomic E-state index is 4.65. The van der Waals surface area contributed by atoms with Crippen LogP contribution in [0.3, 0.4) is 0 Å². The Bertz CT molecular complexity index is 628. The normalized spacial score (nSPS) is 11.7. The summed E-state index contributed by atoms with van der Waals surface area (Å²) in [5.41, 5.74) is 1.15. The topological polar surface area (TPSA) is 49.3 Å². The van der Waals surface area contributed by atoms with Crippen LogP contribution in [-0.4, -0.2) is 24.0 Å². The second-order valence-electron chi connectivity index (χ2n) is 5.13. The van der Waals surface area contributed by atoms with Crippen molar-refractivity contribution in [2.24, 2.45) is 4.99 Å². The number of thiazole rings is 1. The Morgan fingerprint density at radius 3 is 2.59 bits per heavy atom. The fourth-order valence-corrected chi connectivity index (χ4v) is 3.92. The van der Waals surface area contributed by atoms with Crippen molar-refractivity contribution in [1.29, 1.82) is 0 Å². The van der Waals surface area contributed by atoms with Gasteiger partial charge >= 0.3 is 0 Å². The van der Waals surface area contributed by atoms with Crippen LogP contribution in [0.1, 0.15) is 32.3 Å². The second-order valence-corrected chi connectivity index (χ2v) is 7.79. The van der Waals surface area contributed by atoms with E-state index < -0.39 is 0 Å². The lowest BCUT2D eigenvalue weighted by Crippen LogP contribution is -2.38. The average molecular weight is 337 g/mol. The largest absolute Gasteiger partial charge is 0.357 e. The second kappa shape index (κ2) is 8.29. The highest BCUT2D eigenvalue weighted by molar-refractivity contribution is 7.12. The zero-order valence-electron chi connectivity index (χ0n) is 13.7. The van der Waals surface area contributed by atoms with E-state index in [9.17, 15) is 0 Å². The molecular weight excluding hydrogens is 312 g/mol. The average Bonchev–Trinajstić information content (AvgIpc) is 3.02. The first-order valence-corrected chi connectivity index (χ1v) is 9.22. The molecule has 0 amide bonds. The molecule has 0 aliphatic carbocycles. The van der Waals surface area contributed by atoms with E-state index in [2.05, 4.69) is 60.4 Å². The molecule has 0 aliphatic rings. The monoisotopic (exact) mass is 336 g/mol. The minimum Gasteiger partial charge on any atom is -0.357 e. The van der Waals surface area contributed by atoms with E-state index in [0.717, 1.165) is 42.7 Å². The summed E-state index contributed by atoms with van der Waals surface area (Å²) in [6, 6.07) is 4.29. The van der Waals surface area contributed by atoms with Gasteiger partial charge in [-0.25, -0.2) is 9.98 Å². The third-order valence-corrected chi connectivity index (χ3v) is 5.30. The number of aliphatic imine (C=N–C) groups is 1. The van der Waals surface area contributed by atoms with E-state index in [4.69, 9.17) is 0 Å². The van der Waals surface area contributed by atoms with E-state index in [0.29, 0.717) is 0 Å². The van der Waals surface area contributed by atoms with Gasteiger partial charge in [-0.15, -0.1) is 22.7 Å². The van der Waals surface area contributed by atoms with Crippen LogP contribution in [0.25, 0.3) is 0 Å². The van der Waals surface area contributed by atoms with E-state index in [1.807, 2.05) is 0 Å². The quantitative estimate of drug-likeness (QED) is 0.628. The molecule has 0 aromatic carbocycles. The smallest absolute Gasteiger partial charge is 0.191 e. The summed E-state index contributed by atoms with van der Waals surface area (Å²) < 4.78 is 0. The number of guanidine groups is 1. The maximum absolute atomic E-state index is 4.65. The van der Waals surface area contributed by atoms with Crippen LogP contribution >= 0.6 is 22.7 Å². The first kappa shape index (κ1) is 17.0. The molecule has 0 saturated heterocycles. The molecule has 2 N–H and O–H groups in total. The molecule has 2 aromatic rings. The minimum atomic E-state index is 0.729. The summed E-state index contributed by atoms with van der Waals surface area (Å²) >= 11 is 3.59. The fourth-order valence-electron chi connectivity index (χ4n) is 2.17. The summed E-state index contributed by atoms with van der Waals surface area (Å²) in [5.74, 6) is 0.882. The van der Waals surface area contributed by atoms with Crippen molar-refractivity contribution in [2.45, 2.75) is 40.7 Å². The highest BCUT2D eigenvalue weighted by atomic mass is 32.1. The predicted molar refractivity (Wildman–Crippen MR) is 97.2 cm³/mol. The van der Waals surface area contributed by atoms with Crippen LogP contribution in [-0.2, 0) is 13.0 Å². The molecule has 22 heavy (non-hydrogen) atoms. The first-order valence-electron chi connectivity index (χ1n) is 7.59. The van der Waals surface area contributed by atoms with Crippen LogP contribution in [0.15, 0.2) is 17.1 Å². The molecular formula is C16H24N4S2. The lowest BCUT2D eigenvalue weighted by Gasteiger charge is -2.10. The van der Waals surface area contributed by atoms with Crippen LogP contribution in [0.4, 0.5) is 0 Å². The van der Waals surface area contributed by atoms with Gasteiger partial charge in [0.05, 0.1) is 17.2 Å². The molecule has 0 radical (unpaired) electrons. The number of aryl methyl sites for hydroxylation is 3. The minimum absolute atomic E-state index is 0.729. The maximum Gasteiger partial charge on any atom is 0.191 e. The van der Waals surface area contributed by atoms with Crippen molar-refractivity contribution in [3.63, 3.8) is 0 Å². The van der Waals surface area contributed by atoms with Crippen LogP contribution in [0.2, 0.25) is 0 Å². The van der Waals surface area contributed by atoms with Gasteiger partial charge in [0.2, 0.25) is 0 Å². The van der Waals surface area contributed by atoms with Crippen molar-refractivity contribution < 1.29 is 0 Å². The SMILES string of the molecule is CCNC(=NCc1ccc(C)s1)NCCc1sc(C)nc1C. The third-order valence-electron chi connectivity index (χ3n) is 3.18. The van der Waals surface area contributed by atoms with Gasteiger partial charge in [-0.2, -0.15) is 0 Å². The van der Waals surface area contributed by atoms with Crippen molar-refractivity contribution in [3.8, 4) is 0 Å². The van der Waals surface area contributed by atoms with Crippen molar-refractivity contribution in [3.05, 3.63) is 37.5 Å². The Kier molecular flexibility index (Phi) is 6.39. The number of thiophene rings is 1. The lowest BCUT2D eigenvalue weighted by atomic mass is 10.3. The molecule has 0 aliphatic heterocycles. The summed E-state index contributed by atoms with van der Waals surface area (Å²) in [7, 11) is 0. The van der Waals surface area contributed by atoms with Gasteiger partial charge in [0.15, 0.2) is 5.96 Å². The van der Waals surface area contributed by atoms with Crippen molar-refractivity contribution in [1.82, 2.24) is 15.6 Å². The number of rotatable bonds is 6. The molecule has 2 heterocycles. The van der Waals surface area contributed by atoms with Crippen molar-refractivity contribution >= 4 is 28.6 Å². The van der Waals surface area contributed by atoms with Gasteiger partial charge < -0.3 is 10.6 Å². The van der Waals surface area contributed by atoms with Crippen LogP contribution < -0.4 is 10.6 Å². The Morgan fingerprint density at radius 2 is 2.00 bits per heavy atom. The highest BCUT2D eigenvalue weighted by Gasteiger charge is 2.05. The molecule has 0 bridgehead atoms. The lowest BCUT2D eigenvalue weighted by molar-refractivity contribution is 0.802. The zero-order valence-corrected chi connectivity index (χ0v) is 15.3. The first-order chi connectivity index (χ1) is 10.6. The molecule has 0 atom stereocenters. The molecule has 6 heteroatoms. The van der Waals surface area contributed by atoms with E-state index in [1.165, 1.54) is 14.6 Å². The summed E-state index contributed by atoms with van der Waals surface area (Å²) in [4.78, 5) is 13.1. The summed E-state index contributed by atoms with van der Waals surface area (Å²) in [5, 5.41) is 7.84. The molecule has 4 nitrogen and oxygen atoms in total. The molecule has 0 saturated carbocycles. The number of hydrogen-bond donors (Lipinski definition) is 2. The standard InChI is InChI=1S/C16H24N4S2/c1-5-17-16(19-10-14-7-6-11(2)21-14)18-9-8-15-12(3)20-13(4)22-15/h6-7H,5,8-10H2,1-4H3,(H2,17,18,19). The summed E-state index contributed by atoms with van der Waals surface area (Å²) in [6.45, 7) is 10.8. The van der Waals surface area contributed by atoms with Gasteiger partial charge in [0.1, 0.15) is 0 Å². The molecule has 120 valence electrons. The number of nitrogens with one attached hydrogen (secondary N) is 2. The molecule has 0 unspecified atom stereocenters. The highest BCUT2D eigenvalue weighted by Crippen LogP contribution is 2.17. The van der Waals surface area contributed by atoms with Gasteiger partial charge in [-0.1, -0.05) is 0 Å². The Labute approximate surface area is 140 Å². The number of aromatic nitrogens is 1. The Morgan fingerprint density at radius 1 is 1.18 bits per heavy atom.